The molecule has 0 saturated heterocycles. The van der Waals surface area contributed by atoms with Gasteiger partial charge in [-0.15, -0.1) is 0 Å². The number of aliphatic carboxylic acids is 1. The summed E-state index contributed by atoms with van der Waals surface area (Å²) in [7, 11) is 0. The maximum absolute atomic E-state index is 14.4. The van der Waals surface area contributed by atoms with Gasteiger partial charge in [0.2, 0.25) is 53.2 Å². The zero-order valence-electron chi connectivity index (χ0n) is 53.4. The molecule has 43 N–H and O–H groups in total. The summed E-state index contributed by atoms with van der Waals surface area (Å²) < 4.78 is 0. The molecule has 0 aliphatic rings. The number of aliphatic hydroxyl groups is 3. The van der Waals surface area contributed by atoms with Crippen molar-refractivity contribution in [1.82, 2.24) is 47.9 Å². The Morgan fingerprint density at radius 2 is 0.406 bits per heavy atom. The minimum absolute atomic E-state index is 0.0139. The van der Waals surface area contributed by atoms with Gasteiger partial charge >= 0.3 is 5.97 Å². The molecule has 0 saturated carbocycles. The van der Waals surface area contributed by atoms with Gasteiger partial charge in [0.1, 0.15) is 54.4 Å². The summed E-state index contributed by atoms with van der Waals surface area (Å²) in [6, 6.07) is -16.0. The first-order chi connectivity index (χ1) is 45.3. The Balaban J connectivity index is 7.14. The number of aliphatic hydroxyl groups excluding tert-OH is 3. The van der Waals surface area contributed by atoms with Crippen LogP contribution in [0.25, 0.3) is 0 Å². The fourth-order valence-corrected chi connectivity index (χ4v) is 8.31. The second-order valence-electron chi connectivity index (χ2n) is 21.2. The molecular formula is C51H101N31O14. The Bertz CT molecular complexity index is 2710. The maximum atomic E-state index is 14.4. The highest BCUT2D eigenvalue weighted by atomic mass is 16.4. The Morgan fingerprint density at radius 3 is 0.594 bits per heavy atom. The molecule has 0 bridgehead atoms. The zero-order valence-corrected chi connectivity index (χ0v) is 53.4. The highest BCUT2D eigenvalue weighted by Crippen LogP contribution is 2.10. The van der Waals surface area contributed by atoms with Gasteiger partial charge < -0.3 is 154 Å². The van der Waals surface area contributed by atoms with Crippen LogP contribution in [0, 0.1) is 0 Å². The average molecular weight is 1370 g/mol. The smallest absolute Gasteiger partial charge is 0.326 e. The largest absolute Gasteiger partial charge is 0.480 e. The average Bonchev–Trinajstić information content (AvgIpc) is 1.03. The van der Waals surface area contributed by atoms with Gasteiger partial charge in [-0.1, -0.05) is 0 Å². The first kappa shape index (κ1) is 85.4. The van der Waals surface area contributed by atoms with Crippen LogP contribution >= 0.6 is 0 Å². The van der Waals surface area contributed by atoms with Crippen molar-refractivity contribution >= 4 is 101 Å². The highest BCUT2D eigenvalue weighted by Gasteiger charge is 2.35. The van der Waals surface area contributed by atoms with E-state index in [-0.39, 0.29) is 177 Å². The third-order valence-corrected chi connectivity index (χ3v) is 13.2. The molecule has 9 amide bonds. The molecule has 10 atom stereocenters. The standard InChI is InChI=1S/C51H101N31O14/c52-25(8-1-15-67-45(53)54)35(86)80-32(22-83)41(92)76-26(9-2-16-68-46(55)56)36(87)74-29(12-5-19-71-49(61)62)39(90)81-33(23-84)42(93)77-27(10-3-17-69-47(57)58)37(88)75-30(13-6-20-72-50(63)64)40(91)82-34(24-85)43(94)78-28(11-4-18-70-48(59)60)38(89)79-31(44(95)96)14-7-21-73-51(65)66/h25-34,83-85H,1-24,52H2,(H,74,87)(H,75,88)(H,76,92)(H,77,93)(H,78,94)(H,79,89)(H,80,86)(H,81,90)(H,82,91)(H,95,96)(H4,53,54,67)(H4,55,56,68)(H4,57,58,69)(H4,59,60,70)(H4,61,62,71)(H4,63,64,72)(H4,65,66,73)/t25-,26-,27-,28-,29-,30-,31-,32-,33-,34-/m0/s1. The molecule has 0 radical (unpaired) electrons. The van der Waals surface area contributed by atoms with Gasteiger partial charge in [0.15, 0.2) is 41.7 Å². The van der Waals surface area contributed by atoms with E-state index in [4.69, 9.17) is 86.0 Å². The lowest BCUT2D eigenvalue weighted by atomic mass is 10.1. The van der Waals surface area contributed by atoms with Crippen LogP contribution in [0.5, 0.6) is 0 Å². The summed E-state index contributed by atoms with van der Waals surface area (Å²) in [6.45, 7) is -3.49. The fourth-order valence-electron chi connectivity index (χ4n) is 8.31. The van der Waals surface area contributed by atoms with E-state index in [2.05, 4.69) is 82.8 Å². The third kappa shape index (κ3) is 39.1. The molecule has 0 fully saturated rings. The van der Waals surface area contributed by atoms with E-state index in [1.54, 1.807) is 0 Å². The van der Waals surface area contributed by atoms with Crippen LogP contribution in [-0.4, -0.2) is 247 Å². The third-order valence-electron chi connectivity index (χ3n) is 13.2. The number of amides is 9. The van der Waals surface area contributed by atoms with Crippen molar-refractivity contribution in [3.63, 3.8) is 0 Å². The summed E-state index contributed by atoms with van der Waals surface area (Å²) in [6.07, 6.45) is -0.988. The van der Waals surface area contributed by atoms with Crippen LogP contribution in [0.4, 0.5) is 0 Å². The Labute approximate surface area is 552 Å². The molecule has 0 rings (SSSR count). The number of carboxylic acid groups (broad SMARTS) is 1. The molecule has 0 aromatic heterocycles. The van der Waals surface area contributed by atoms with Gasteiger partial charge in [0, 0.05) is 45.8 Å². The van der Waals surface area contributed by atoms with Crippen molar-refractivity contribution < 1.29 is 68.4 Å². The van der Waals surface area contributed by atoms with Gasteiger partial charge in [-0.05, 0) is 89.9 Å². The Kier molecular flexibility index (Phi) is 42.9. The topological polar surface area (TPSA) is 837 Å². The van der Waals surface area contributed by atoms with Gasteiger partial charge in [0.25, 0.3) is 0 Å². The van der Waals surface area contributed by atoms with E-state index in [1.165, 1.54) is 0 Å². The predicted octanol–water partition coefficient (Wildman–Crippen LogP) is -14.9. The molecule has 0 aliphatic carbocycles. The molecule has 544 valence electrons. The van der Waals surface area contributed by atoms with E-state index in [0.29, 0.717) is 0 Å². The first-order valence-electron chi connectivity index (χ1n) is 30.2. The number of nitrogens with two attached hydrogens (primary N) is 15. The number of carboxylic acids is 1. The van der Waals surface area contributed by atoms with E-state index >= 15 is 0 Å². The molecule has 45 heteroatoms. The second kappa shape index (κ2) is 48.2. The number of carbonyl (C=O) groups excluding carboxylic acids is 9. The molecule has 0 aromatic rings. The quantitative estimate of drug-likeness (QED) is 0.0153. The minimum Gasteiger partial charge on any atom is -0.480 e. The molecule has 0 heterocycles. The van der Waals surface area contributed by atoms with Crippen LogP contribution in [-0.2, 0) is 47.9 Å². The number of nitrogens with zero attached hydrogens (tertiary/aromatic N) is 7. The number of guanidine groups is 7. The van der Waals surface area contributed by atoms with Crippen LogP contribution < -0.4 is 134 Å². The normalized spacial score (nSPS) is 13.8. The minimum atomic E-state index is -1.91. The van der Waals surface area contributed by atoms with Crippen LogP contribution in [0.3, 0.4) is 0 Å². The maximum Gasteiger partial charge on any atom is 0.326 e. The number of carbonyl (C=O) groups is 10. The molecule has 96 heavy (non-hydrogen) atoms. The van der Waals surface area contributed by atoms with Crippen LogP contribution in [0.2, 0.25) is 0 Å². The van der Waals surface area contributed by atoms with Crippen LogP contribution in [0.15, 0.2) is 34.9 Å². The molecule has 0 aromatic carbocycles. The SMILES string of the molecule is NC(N)=NCCC[C@H](NC(=O)[C@H](CCCN=C(N)N)NC(=O)[C@H](CO)NC(=O)[C@H](CCCN=C(N)N)NC(=O)[C@H](CCCN=C(N)N)NC(=O)[C@H](CO)NC(=O)[C@H](CCCN=C(N)N)NC(=O)[C@H](CCCN=C(N)N)NC(=O)[C@H](CO)NC(=O)[C@@H](N)CCCN=C(N)N)C(=O)O. The van der Waals surface area contributed by atoms with Crippen molar-refractivity contribution in [1.29, 1.82) is 0 Å². The Hall–Kier alpha value is -10.6. The van der Waals surface area contributed by atoms with E-state index in [0.717, 1.165) is 0 Å². The van der Waals surface area contributed by atoms with Crippen molar-refractivity contribution in [3.05, 3.63) is 0 Å². The number of nitrogens with one attached hydrogen (secondary N) is 9. The van der Waals surface area contributed by atoms with Crippen LogP contribution in [0.1, 0.15) is 89.9 Å². The van der Waals surface area contributed by atoms with E-state index < -0.39 is 139 Å². The number of aliphatic imine (C=N–C) groups is 7. The van der Waals surface area contributed by atoms with Gasteiger partial charge in [-0.3, -0.25) is 78.1 Å². The molecule has 0 spiro atoms. The van der Waals surface area contributed by atoms with Crippen molar-refractivity contribution in [2.24, 2.45) is 121 Å². The Morgan fingerprint density at radius 1 is 0.250 bits per heavy atom. The lowest BCUT2D eigenvalue weighted by Gasteiger charge is -2.27. The van der Waals surface area contributed by atoms with Gasteiger partial charge in [-0.25, -0.2) is 4.79 Å². The number of rotatable bonds is 50. The lowest BCUT2D eigenvalue weighted by Crippen LogP contribution is -2.61. The van der Waals surface area contributed by atoms with Gasteiger partial charge in [0.05, 0.1) is 25.9 Å². The predicted molar refractivity (Wildman–Crippen MR) is 354 cm³/mol. The summed E-state index contributed by atoms with van der Waals surface area (Å²) in [4.78, 5) is 164. The van der Waals surface area contributed by atoms with E-state index in [1.807, 2.05) is 0 Å². The van der Waals surface area contributed by atoms with Crippen molar-refractivity contribution in [2.45, 2.75) is 150 Å². The molecular weight excluding hydrogens is 1270 g/mol. The van der Waals surface area contributed by atoms with Gasteiger partial charge in [-0.2, -0.15) is 0 Å². The molecule has 0 unspecified atom stereocenters. The summed E-state index contributed by atoms with van der Waals surface area (Å²) in [5, 5.41) is 62.5. The first-order valence-corrected chi connectivity index (χ1v) is 30.2. The summed E-state index contributed by atoms with van der Waals surface area (Å²) >= 11 is 0. The monoisotopic (exact) mass is 1370 g/mol. The molecule has 0 aliphatic heterocycles. The van der Waals surface area contributed by atoms with Crippen molar-refractivity contribution in [2.75, 3.05) is 65.6 Å². The summed E-state index contributed by atoms with van der Waals surface area (Å²) in [5.74, 6) is -13.1. The fraction of sp³-hybridized carbons (Fsp3) is 0.667. The molecule has 45 nitrogen and oxygen atoms in total. The number of hydrogen-bond acceptors (Lipinski definition) is 21. The lowest BCUT2D eigenvalue weighted by molar-refractivity contribution is -0.142. The highest BCUT2D eigenvalue weighted by molar-refractivity contribution is 5.99. The summed E-state index contributed by atoms with van der Waals surface area (Å²) in [5.41, 5.74) is 82.1. The zero-order chi connectivity index (χ0) is 72.9. The van der Waals surface area contributed by atoms with Crippen molar-refractivity contribution in [3.8, 4) is 0 Å². The number of hydrogen-bond donors (Lipinski definition) is 28. The van der Waals surface area contributed by atoms with E-state index in [9.17, 15) is 68.4 Å². The second-order valence-corrected chi connectivity index (χ2v) is 21.2.